The van der Waals surface area contributed by atoms with Crippen molar-refractivity contribution >= 4 is 0 Å². The maximum atomic E-state index is 12.7. The second kappa shape index (κ2) is 4.97. The van der Waals surface area contributed by atoms with Crippen LogP contribution in [0.4, 0.5) is 4.48 Å². The lowest BCUT2D eigenvalue weighted by molar-refractivity contribution is 0.0104. The molecule has 0 N–H and O–H groups in total. The van der Waals surface area contributed by atoms with Crippen LogP contribution in [0.15, 0.2) is 24.3 Å². The van der Waals surface area contributed by atoms with E-state index < -0.39 is 0 Å². The molecule has 0 bridgehead atoms. The minimum Gasteiger partial charge on any atom is -0.142 e. The fourth-order valence-corrected chi connectivity index (χ4v) is 1.46. The number of hydrogen-bond acceptors (Lipinski definition) is 1. The summed E-state index contributed by atoms with van der Waals surface area (Å²) in [6.45, 7) is 4.99. The normalized spacial score (nSPS) is 15.6. The average Bonchev–Trinajstić information content (AvgIpc) is 2.21. The van der Waals surface area contributed by atoms with Crippen molar-refractivity contribution in [1.29, 1.82) is 0 Å². The summed E-state index contributed by atoms with van der Waals surface area (Å²) in [5.41, 5.74) is 2.42. The number of fused-ring (bicyclic) bond motifs is 1. The monoisotopic (exact) mass is 181 g/mol. The molecule has 0 aliphatic carbocycles. The van der Waals surface area contributed by atoms with Gasteiger partial charge < -0.3 is 0 Å². The van der Waals surface area contributed by atoms with Crippen molar-refractivity contribution in [3.05, 3.63) is 35.4 Å². The fourth-order valence-electron chi connectivity index (χ4n) is 1.46. The summed E-state index contributed by atoms with van der Waals surface area (Å²) >= 11 is 0. The highest BCUT2D eigenvalue weighted by Crippen LogP contribution is 2.17. The van der Waals surface area contributed by atoms with E-state index in [1.165, 1.54) is 5.56 Å². The number of halogens is 1. The molecule has 0 amide bonds. The van der Waals surface area contributed by atoms with Gasteiger partial charge in [0.1, 0.15) is 0 Å². The molecule has 13 heavy (non-hydrogen) atoms. The van der Waals surface area contributed by atoms with Crippen molar-refractivity contribution in [2.75, 3.05) is 6.54 Å². The summed E-state index contributed by atoms with van der Waals surface area (Å²) in [6.07, 6.45) is 0.840. The Morgan fingerprint density at radius 1 is 1.15 bits per heavy atom. The highest BCUT2D eigenvalue weighted by molar-refractivity contribution is 5.28. The van der Waals surface area contributed by atoms with Gasteiger partial charge in [0, 0.05) is 6.54 Å². The number of benzene rings is 1. The van der Waals surface area contributed by atoms with Crippen LogP contribution in [-0.4, -0.2) is 11.7 Å². The lowest BCUT2D eigenvalue weighted by Crippen LogP contribution is -2.22. The maximum absolute atomic E-state index is 12.7. The van der Waals surface area contributed by atoms with Crippen molar-refractivity contribution in [1.82, 2.24) is 5.12 Å². The minimum atomic E-state index is 0.455. The van der Waals surface area contributed by atoms with Crippen LogP contribution in [0, 0.1) is 0 Å². The molecule has 1 aliphatic rings. The first-order valence-corrected chi connectivity index (χ1v) is 4.84. The van der Waals surface area contributed by atoms with Gasteiger partial charge in [-0.15, -0.1) is 9.60 Å². The van der Waals surface area contributed by atoms with Crippen LogP contribution < -0.4 is 0 Å². The minimum absolute atomic E-state index is 0.455. The molecule has 0 aromatic heterocycles. The quantitative estimate of drug-likeness (QED) is 0.556. The zero-order valence-corrected chi connectivity index (χ0v) is 8.26. The molecule has 1 aromatic carbocycles. The Kier molecular flexibility index (Phi) is 3.90. The number of hydrogen-bond donors (Lipinski definition) is 0. The molecule has 1 aliphatic heterocycles. The largest absolute Gasteiger partial charge is 0.142 e. The summed E-state index contributed by atoms with van der Waals surface area (Å²) in [5.74, 6) is 0. The first kappa shape index (κ1) is 10.2. The summed E-state index contributed by atoms with van der Waals surface area (Å²) in [5, 5.41) is 0.863. The van der Waals surface area contributed by atoms with Crippen LogP contribution in [0.2, 0.25) is 0 Å². The Morgan fingerprint density at radius 2 is 1.77 bits per heavy atom. The fraction of sp³-hybridized carbons (Fsp3) is 0.455. The lowest BCUT2D eigenvalue weighted by Gasteiger charge is -2.20. The molecule has 0 radical (unpaired) electrons. The smallest absolute Gasteiger partial charge is 0.0543 e. The van der Waals surface area contributed by atoms with Gasteiger partial charge in [0.15, 0.2) is 0 Å². The van der Waals surface area contributed by atoms with Gasteiger partial charge in [0.2, 0.25) is 0 Å². The highest BCUT2D eigenvalue weighted by Gasteiger charge is 2.13. The molecular formula is C11H16FN. The molecular weight excluding hydrogens is 165 g/mol. The van der Waals surface area contributed by atoms with E-state index in [0.717, 1.165) is 17.1 Å². The predicted octanol–water partition coefficient (Wildman–Crippen LogP) is 2.96. The third-order valence-corrected chi connectivity index (χ3v) is 2.08. The van der Waals surface area contributed by atoms with E-state index in [0.29, 0.717) is 13.1 Å². The van der Waals surface area contributed by atoms with Gasteiger partial charge in [0.05, 0.1) is 6.54 Å². The molecule has 72 valence electrons. The summed E-state index contributed by atoms with van der Waals surface area (Å²) in [6, 6.07) is 8.02. The molecule has 0 saturated carbocycles. The van der Waals surface area contributed by atoms with Crippen LogP contribution >= 0.6 is 0 Å². The SMILES string of the molecule is CC.FN1CCc2ccccc2C1. The summed E-state index contributed by atoms with van der Waals surface area (Å²) in [4.78, 5) is 0. The van der Waals surface area contributed by atoms with Gasteiger partial charge in [-0.25, -0.2) is 0 Å². The first-order chi connectivity index (χ1) is 6.36. The highest BCUT2D eigenvalue weighted by atomic mass is 19.2. The third-order valence-electron chi connectivity index (χ3n) is 2.08. The van der Waals surface area contributed by atoms with Crippen molar-refractivity contribution < 1.29 is 4.48 Å². The molecule has 0 spiro atoms. The Hall–Kier alpha value is -0.890. The summed E-state index contributed by atoms with van der Waals surface area (Å²) < 4.78 is 12.7. The third kappa shape index (κ3) is 2.52. The second-order valence-corrected chi connectivity index (χ2v) is 2.86. The molecule has 1 nitrogen and oxygen atoms in total. The van der Waals surface area contributed by atoms with Crippen LogP contribution in [0.25, 0.3) is 0 Å². The van der Waals surface area contributed by atoms with E-state index in [1.54, 1.807) is 0 Å². The molecule has 2 heteroatoms. The molecule has 1 aromatic rings. The van der Waals surface area contributed by atoms with Gasteiger partial charge in [-0.2, -0.15) is 0 Å². The predicted molar refractivity (Wildman–Crippen MR) is 53.0 cm³/mol. The lowest BCUT2D eigenvalue weighted by atomic mass is 10.0. The van der Waals surface area contributed by atoms with E-state index in [2.05, 4.69) is 6.07 Å². The standard InChI is InChI=1S/C9H10FN.C2H6/c10-11-6-5-8-3-1-2-4-9(8)7-11;1-2/h1-4H,5-7H2;1-2H3. The molecule has 0 unspecified atom stereocenters. The van der Waals surface area contributed by atoms with Crippen LogP contribution in [0.1, 0.15) is 25.0 Å². The van der Waals surface area contributed by atoms with Crippen molar-refractivity contribution in [2.45, 2.75) is 26.8 Å². The van der Waals surface area contributed by atoms with Gasteiger partial charge >= 0.3 is 0 Å². The summed E-state index contributed by atoms with van der Waals surface area (Å²) in [7, 11) is 0. The Morgan fingerprint density at radius 3 is 2.46 bits per heavy atom. The van der Waals surface area contributed by atoms with Crippen molar-refractivity contribution in [3.63, 3.8) is 0 Å². The van der Waals surface area contributed by atoms with Crippen molar-refractivity contribution in [2.24, 2.45) is 0 Å². The van der Waals surface area contributed by atoms with E-state index in [-0.39, 0.29) is 0 Å². The van der Waals surface area contributed by atoms with E-state index in [9.17, 15) is 4.48 Å². The van der Waals surface area contributed by atoms with Gasteiger partial charge in [-0.05, 0) is 17.5 Å². The topological polar surface area (TPSA) is 3.24 Å². The van der Waals surface area contributed by atoms with Crippen LogP contribution in [0.3, 0.4) is 0 Å². The van der Waals surface area contributed by atoms with Gasteiger partial charge in [-0.1, -0.05) is 38.1 Å². The molecule has 1 heterocycles. The zero-order valence-electron chi connectivity index (χ0n) is 8.26. The number of nitrogens with zero attached hydrogens (tertiary/aromatic N) is 1. The van der Waals surface area contributed by atoms with Crippen LogP contribution in [0.5, 0.6) is 0 Å². The number of rotatable bonds is 0. The Labute approximate surface area is 79.1 Å². The van der Waals surface area contributed by atoms with E-state index in [1.807, 2.05) is 32.0 Å². The zero-order chi connectivity index (χ0) is 9.68. The molecule has 2 rings (SSSR count). The maximum Gasteiger partial charge on any atom is 0.0543 e. The molecule has 0 saturated heterocycles. The van der Waals surface area contributed by atoms with Crippen LogP contribution in [-0.2, 0) is 13.0 Å². The van der Waals surface area contributed by atoms with Gasteiger partial charge in [-0.3, -0.25) is 0 Å². The molecule has 0 fully saturated rings. The first-order valence-electron chi connectivity index (χ1n) is 4.84. The van der Waals surface area contributed by atoms with Crippen molar-refractivity contribution in [3.8, 4) is 0 Å². The average molecular weight is 181 g/mol. The Balaban J connectivity index is 0.000000396. The van der Waals surface area contributed by atoms with E-state index >= 15 is 0 Å². The van der Waals surface area contributed by atoms with E-state index in [4.69, 9.17) is 0 Å². The molecule has 0 atom stereocenters. The Bertz CT molecular complexity index is 260. The van der Waals surface area contributed by atoms with Gasteiger partial charge in [0.25, 0.3) is 0 Å². The second-order valence-electron chi connectivity index (χ2n) is 2.86.